The van der Waals surface area contributed by atoms with Crippen molar-refractivity contribution in [3.8, 4) is 0 Å². The third kappa shape index (κ3) is 2.41. The van der Waals surface area contributed by atoms with Gasteiger partial charge in [0.25, 0.3) is 0 Å². The number of hydrogen-bond donors (Lipinski definition) is 2. The molecule has 0 saturated heterocycles. The molecule has 3 aromatic rings. The Morgan fingerprint density at radius 2 is 2.16 bits per heavy atom. The van der Waals surface area contributed by atoms with Crippen molar-refractivity contribution in [3.63, 3.8) is 0 Å². The molecule has 19 heavy (non-hydrogen) atoms. The number of rotatable bonds is 2. The quantitative estimate of drug-likeness (QED) is 0.697. The zero-order valence-electron chi connectivity index (χ0n) is 9.91. The first kappa shape index (κ1) is 12.4. The summed E-state index contributed by atoms with van der Waals surface area (Å²) in [4.78, 5) is 15.3. The molecule has 5 nitrogen and oxygen atoms in total. The first-order valence-corrected chi connectivity index (χ1v) is 6.70. The molecule has 0 bridgehead atoms. The molecule has 0 aliphatic heterocycles. The lowest BCUT2D eigenvalue weighted by molar-refractivity contribution is 1.20. The van der Waals surface area contributed by atoms with Gasteiger partial charge >= 0.3 is 0 Å². The molecule has 2 aromatic heterocycles. The Hall–Kier alpha value is -1.66. The standard InChI is InChI=1S/C12H9BrClN5/c1-6-4-7(2-3-8(6)13)17-11-9-10(16-5-15-9)18-12(14)19-11/h2-5H,1H3,(H2,15,16,17,18,19). The monoisotopic (exact) mass is 337 g/mol. The topological polar surface area (TPSA) is 66.5 Å². The minimum Gasteiger partial charge on any atom is -0.340 e. The lowest BCUT2D eigenvalue weighted by atomic mass is 10.2. The summed E-state index contributed by atoms with van der Waals surface area (Å²) >= 11 is 9.35. The van der Waals surface area contributed by atoms with Crippen LogP contribution >= 0.6 is 27.5 Å². The minimum absolute atomic E-state index is 0.163. The molecule has 0 aliphatic rings. The molecule has 0 amide bonds. The average Bonchev–Trinajstić information content (AvgIpc) is 2.82. The van der Waals surface area contributed by atoms with Crippen LogP contribution in [0.5, 0.6) is 0 Å². The fourth-order valence-corrected chi connectivity index (χ4v) is 2.17. The van der Waals surface area contributed by atoms with Crippen LogP contribution in [0.4, 0.5) is 11.5 Å². The maximum absolute atomic E-state index is 5.88. The third-order valence-electron chi connectivity index (χ3n) is 2.68. The Bertz CT molecular complexity index is 755. The maximum Gasteiger partial charge on any atom is 0.226 e. The van der Waals surface area contributed by atoms with E-state index in [1.165, 1.54) is 0 Å². The molecule has 0 unspecified atom stereocenters. The second-order valence-electron chi connectivity index (χ2n) is 4.03. The number of anilines is 2. The van der Waals surface area contributed by atoms with Gasteiger partial charge in [-0.25, -0.2) is 4.98 Å². The van der Waals surface area contributed by atoms with Crippen LogP contribution in [0.15, 0.2) is 29.0 Å². The number of hydrogen-bond acceptors (Lipinski definition) is 4. The number of fused-ring (bicyclic) bond motifs is 1. The summed E-state index contributed by atoms with van der Waals surface area (Å²) in [5.41, 5.74) is 3.32. The summed E-state index contributed by atoms with van der Waals surface area (Å²) in [6.45, 7) is 2.02. The third-order valence-corrected chi connectivity index (χ3v) is 3.74. The number of aromatic nitrogens is 4. The predicted octanol–water partition coefficient (Wildman–Crippen LogP) is 3.82. The van der Waals surface area contributed by atoms with Crippen LogP contribution < -0.4 is 5.32 Å². The van der Waals surface area contributed by atoms with Crippen LogP contribution in [0.1, 0.15) is 5.56 Å². The van der Waals surface area contributed by atoms with Gasteiger partial charge in [0, 0.05) is 10.2 Å². The van der Waals surface area contributed by atoms with Gasteiger partial charge in [-0.3, -0.25) is 0 Å². The van der Waals surface area contributed by atoms with Crippen molar-refractivity contribution < 1.29 is 0 Å². The van der Waals surface area contributed by atoms with Crippen LogP contribution in [-0.4, -0.2) is 19.9 Å². The molecule has 0 fully saturated rings. The van der Waals surface area contributed by atoms with E-state index in [0.717, 1.165) is 21.2 Å². The second kappa shape index (κ2) is 4.79. The fourth-order valence-electron chi connectivity index (χ4n) is 1.76. The van der Waals surface area contributed by atoms with E-state index in [0.29, 0.717) is 11.5 Å². The summed E-state index contributed by atoms with van der Waals surface area (Å²) in [7, 11) is 0. The number of H-pyrrole nitrogens is 1. The number of imidazole rings is 1. The van der Waals surface area contributed by atoms with Gasteiger partial charge in [0.15, 0.2) is 11.5 Å². The van der Waals surface area contributed by atoms with E-state index in [2.05, 4.69) is 41.2 Å². The number of aromatic amines is 1. The maximum atomic E-state index is 5.88. The van der Waals surface area contributed by atoms with E-state index in [1.807, 2.05) is 25.1 Å². The van der Waals surface area contributed by atoms with E-state index < -0.39 is 0 Å². The zero-order chi connectivity index (χ0) is 13.4. The Morgan fingerprint density at radius 3 is 2.95 bits per heavy atom. The molecular formula is C12H9BrClN5. The molecule has 2 N–H and O–H groups in total. The molecule has 0 aliphatic carbocycles. The Kier molecular flexibility index (Phi) is 3.12. The first-order chi connectivity index (χ1) is 9.13. The molecule has 7 heteroatoms. The van der Waals surface area contributed by atoms with Gasteiger partial charge in [-0.1, -0.05) is 15.9 Å². The predicted molar refractivity (Wildman–Crippen MR) is 78.9 cm³/mol. The van der Waals surface area contributed by atoms with Gasteiger partial charge < -0.3 is 10.3 Å². The van der Waals surface area contributed by atoms with Crippen molar-refractivity contribution in [3.05, 3.63) is 39.8 Å². The SMILES string of the molecule is Cc1cc(Nc2nc(Cl)nc3nc[nH]c23)ccc1Br. The molecule has 0 spiro atoms. The molecule has 3 rings (SSSR count). The number of halogens is 2. The number of nitrogens with one attached hydrogen (secondary N) is 2. The molecule has 1 aromatic carbocycles. The summed E-state index contributed by atoms with van der Waals surface area (Å²) < 4.78 is 1.06. The molecule has 96 valence electrons. The van der Waals surface area contributed by atoms with Crippen LogP contribution in [0.25, 0.3) is 11.2 Å². The van der Waals surface area contributed by atoms with E-state index in [4.69, 9.17) is 11.6 Å². The molecule has 0 saturated carbocycles. The van der Waals surface area contributed by atoms with Crippen LogP contribution in [-0.2, 0) is 0 Å². The van der Waals surface area contributed by atoms with Crippen molar-refractivity contribution in [1.29, 1.82) is 0 Å². The van der Waals surface area contributed by atoms with Crippen LogP contribution in [0, 0.1) is 6.92 Å². The molecule has 0 radical (unpaired) electrons. The van der Waals surface area contributed by atoms with Gasteiger partial charge in [-0.15, -0.1) is 0 Å². The summed E-state index contributed by atoms with van der Waals surface area (Å²) in [6, 6.07) is 5.95. The number of aryl methyl sites for hydroxylation is 1. The number of benzene rings is 1. The summed E-state index contributed by atoms with van der Waals surface area (Å²) in [5.74, 6) is 0.606. The highest BCUT2D eigenvalue weighted by Gasteiger charge is 2.09. The lowest BCUT2D eigenvalue weighted by Crippen LogP contribution is -1.97. The van der Waals surface area contributed by atoms with Crippen molar-refractivity contribution in [2.24, 2.45) is 0 Å². The first-order valence-electron chi connectivity index (χ1n) is 5.53. The smallest absolute Gasteiger partial charge is 0.226 e. The minimum atomic E-state index is 0.163. The van der Waals surface area contributed by atoms with Crippen molar-refractivity contribution >= 4 is 50.2 Å². The van der Waals surface area contributed by atoms with E-state index in [9.17, 15) is 0 Å². The van der Waals surface area contributed by atoms with Gasteiger partial charge in [-0.05, 0) is 42.3 Å². The molecule has 2 heterocycles. The zero-order valence-corrected chi connectivity index (χ0v) is 12.2. The normalized spacial score (nSPS) is 10.9. The van der Waals surface area contributed by atoms with E-state index in [-0.39, 0.29) is 5.28 Å². The van der Waals surface area contributed by atoms with Gasteiger partial charge in [-0.2, -0.15) is 9.97 Å². The van der Waals surface area contributed by atoms with Crippen LogP contribution in [0.2, 0.25) is 5.28 Å². The molecule has 0 atom stereocenters. The highest BCUT2D eigenvalue weighted by molar-refractivity contribution is 9.10. The Balaban J connectivity index is 2.04. The van der Waals surface area contributed by atoms with Crippen molar-refractivity contribution in [2.75, 3.05) is 5.32 Å². The van der Waals surface area contributed by atoms with Crippen LogP contribution in [0.3, 0.4) is 0 Å². The largest absolute Gasteiger partial charge is 0.340 e. The Morgan fingerprint density at radius 1 is 1.32 bits per heavy atom. The highest BCUT2D eigenvalue weighted by Crippen LogP contribution is 2.25. The van der Waals surface area contributed by atoms with Crippen molar-refractivity contribution in [1.82, 2.24) is 19.9 Å². The summed E-state index contributed by atoms with van der Waals surface area (Å²) in [6.07, 6.45) is 1.56. The molecular weight excluding hydrogens is 330 g/mol. The lowest BCUT2D eigenvalue weighted by Gasteiger charge is -2.08. The van der Waals surface area contributed by atoms with E-state index in [1.54, 1.807) is 6.33 Å². The average molecular weight is 339 g/mol. The summed E-state index contributed by atoms with van der Waals surface area (Å²) in [5, 5.41) is 3.38. The van der Waals surface area contributed by atoms with E-state index >= 15 is 0 Å². The van der Waals surface area contributed by atoms with Gasteiger partial charge in [0.05, 0.1) is 6.33 Å². The van der Waals surface area contributed by atoms with Gasteiger partial charge in [0.1, 0.15) is 5.52 Å². The van der Waals surface area contributed by atoms with Gasteiger partial charge in [0.2, 0.25) is 5.28 Å². The highest BCUT2D eigenvalue weighted by atomic mass is 79.9. The Labute approximate surface area is 122 Å². The number of nitrogens with zero attached hydrogens (tertiary/aromatic N) is 3. The van der Waals surface area contributed by atoms with Crippen molar-refractivity contribution in [2.45, 2.75) is 6.92 Å². The second-order valence-corrected chi connectivity index (χ2v) is 5.22. The fraction of sp³-hybridized carbons (Fsp3) is 0.0833.